The second kappa shape index (κ2) is 26.8. The minimum absolute atomic E-state index is 0.0577. The Bertz CT molecular complexity index is 2340. The van der Waals surface area contributed by atoms with E-state index in [0.717, 1.165) is 48.3 Å². The number of anilines is 1. The number of nitro benzene ring substituents is 1. The largest absolute Gasteiger partial charge is 0.514 e. The molecule has 6 N–H and O–H groups in total. The van der Waals surface area contributed by atoms with Gasteiger partial charge in [-0.05, 0) is 140 Å². The van der Waals surface area contributed by atoms with Gasteiger partial charge in [0.1, 0.15) is 24.4 Å². The quantitative estimate of drug-likeness (QED) is 0.0148. The molecule has 0 bridgehead atoms. The average Bonchev–Trinajstić information content (AvgIpc) is 3.73. The van der Waals surface area contributed by atoms with E-state index in [9.17, 15) is 38.9 Å². The second-order valence-corrected chi connectivity index (χ2v) is 23.0. The molecule has 0 radical (unpaired) electrons. The number of nitro groups is 1. The number of carbonyl (C=O) groups is 6. The Hall–Kier alpha value is -5.84. The number of nitrogens with one attached hydrogen (secondary N) is 4. The summed E-state index contributed by atoms with van der Waals surface area (Å²) in [7, 11) is 0. The minimum Gasteiger partial charge on any atom is -0.429 e. The Morgan fingerprint density at radius 1 is 0.840 bits per heavy atom. The predicted octanol–water partition coefficient (Wildman–Crippen LogP) is 9.85. The summed E-state index contributed by atoms with van der Waals surface area (Å²) in [5.74, 6) is 1.46. The minimum atomic E-state index is -1.38. The van der Waals surface area contributed by atoms with Gasteiger partial charge in [0.25, 0.3) is 5.69 Å². The van der Waals surface area contributed by atoms with Crippen LogP contribution in [-0.2, 0) is 40.1 Å². The van der Waals surface area contributed by atoms with Crippen LogP contribution in [0.4, 0.5) is 16.2 Å². The van der Waals surface area contributed by atoms with E-state index in [0.29, 0.717) is 42.7 Å². The third-order valence-corrected chi connectivity index (χ3v) is 17.5. The van der Waals surface area contributed by atoms with Crippen LogP contribution < -0.4 is 31.7 Å². The van der Waals surface area contributed by atoms with Crippen LogP contribution in [0.15, 0.2) is 60.2 Å². The summed E-state index contributed by atoms with van der Waals surface area (Å²) in [6.07, 6.45) is 16.2. The molecule has 0 saturated heterocycles. The number of ether oxygens (including phenoxy) is 3. The molecule has 5 amide bonds. The Labute approximate surface area is 443 Å². The zero-order valence-electron chi connectivity index (χ0n) is 45.4. The second-order valence-electron chi connectivity index (χ2n) is 23.0. The highest BCUT2D eigenvalue weighted by atomic mass is 16.7. The SMILES string of the molecule is CCC(C)[C@H](NC(=O)CCC(=O)NCCCOC1CC[C@@]2(C)C(=CC[C@H]3[C@@H]4CC[C@H]([C@H](C)CCCC(C)C)[C@@]4(C)CC[C@@H]32)C1)C(=O)N[C@@H](CC(N)=O)C(=O)Nc1ccc(COC(=O)Oc2ccc([N+](=O)[O-])cc2)cc1. The Balaban J connectivity index is 0.887. The highest BCUT2D eigenvalue weighted by molar-refractivity contribution is 6.00. The monoisotopic (exact) mass is 1040 g/mol. The van der Waals surface area contributed by atoms with Gasteiger partial charge in [-0.1, -0.05) is 97.9 Å². The third kappa shape index (κ3) is 15.6. The number of primary amides is 1. The van der Waals surface area contributed by atoms with Crippen LogP contribution in [0.25, 0.3) is 0 Å². The van der Waals surface area contributed by atoms with Gasteiger partial charge in [-0.3, -0.25) is 34.1 Å². The molecule has 0 aromatic heterocycles. The van der Waals surface area contributed by atoms with E-state index >= 15 is 0 Å². The van der Waals surface area contributed by atoms with Crippen molar-refractivity contribution >= 4 is 47.1 Å². The van der Waals surface area contributed by atoms with Crippen molar-refractivity contribution in [1.82, 2.24) is 16.0 Å². The van der Waals surface area contributed by atoms with E-state index in [-0.39, 0.29) is 54.2 Å². The smallest absolute Gasteiger partial charge is 0.429 e. The molecule has 75 heavy (non-hydrogen) atoms. The molecule has 2 aromatic carbocycles. The van der Waals surface area contributed by atoms with Crippen molar-refractivity contribution in [3.8, 4) is 5.75 Å². The number of rotatable bonds is 26. The van der Waals surface area contributed by atoms with Gasteiger partial charge in [0.05, 0.1) is 17.4 Å². The maximum atomic E-state index is 13.6. The molecule has 3 fully saturated rings. The number of allylic oxidation sites excluding steroid dienone is 1. The van der Waals surface area contributed by atoms with Gasteiger partial charge in [0.2, 0.25) is 29.5 Å². The van der Waals surface area contributed by atoms with Crippen LogP contribution in [0.5, 0.6) is 5.75 Å². The molecule has 0 heterocycles. The highest BCUT2D eigenvalue weighted by Crippen LogP contribution is 2.67. The lowest BCUT2D eigenvalue weighted by Gasteiger charge is -2.58. The van der Waals surface area contributed by atoms with Crippen molar-refractivity contribution in [2.24, 2.45) is 58.0 Å². The first kappa shape index (κ1) is 58.4. The van der Waals surface area contributed by atoms with Crippen LogP contribution in [0.1, 0.15) is 157 Å². The average molecular weight is 1040 g/mol. The number of nitrogens with zero attached hydrogens (tertiary/aromatic N) is 1. The van der Waals surface area contributed by atoms with E-state index in [2.05, 4.69) is 62.0 Å². The van der Waals surface area contributed by atoms with Crippen molar-refractivity contribution in [2.45, 2.75) is 176 Å². The number of hydrogen-bond acceptors (Lipinski definition) is 11. The van der Waals surface area contributed by atoms with Crippen LogP contribution in [-0.4, -0.2) is 72.0 Å². The molecule has 0 aliphatic heterocycles. The summed E-state index contributed by atoms with van der Waals surface area (Å²) in [5, 5.41) is 21.7. The molecule has 17 heteroatoms. The van der Waals surface area contributed by atoms with Gasteiger partial charge in [-0.25, -0.2) is 4.79 Å². The summed E-state index contributed by atoms with van der Waals surface area (Å²) in [6.45, 7) is 16.8. The van der Waals surface area contributed by atoms with Crippen molar-refractivity contribution in [1.29, 1.82) is 0 Å². The first-order valence-electron chi connectivity index (χ1n) is 27.6. The molecule has 2 unspecified atom stereocenters. The van der Waals surface area contributed by atoms with Crippen LogP contribution in [0, 0.1) is 62.4 Å². The molecular formula is C58H84N6O11. The fourth-order valence-corrected chi connectivity index (χ4v) is 13.1. The van der Waals surface area contributed by atoms with Gasteiger partial charge < -0.3 is 41.2 Å². The van der Waals surface area contributed by atoms with E-state index in [1.54, 1.807) is 24.6 Å². The molecule has 4 aliphatic rings. The Morgan fingerprint density at radius 3 is 2.24 bits per heavy atom. The topological polar surface area (TPSA) is 247 Å². The number of hydrogen-bond donors (Lipinski definition) is 5. The highest BCUT2D eigenvalue weighted by Gasteiger charge is 2.59. The normalized spacial score (nSPS) is 25.4. The molecule has 17 nitrogen and oxygen atoms in total. The van der Waals surface area contributed by atoms with Crippen molar-refractivity contribution < 1.29 is 47.9 Å². The van der Waals surface area contributed by atoms with Gasteiger partial charge in [0.15, 0.2) is 0 Å². The van der Waals surface area contributed by atoms with Crippen molar-refractivity contribution in [2.75, 3.05) is 18.5 Å². The molecule has 0 spiro atoms. The van der Waals surface area contributed by atoms with E-state index < -0.39 is 53.2 Å². The first-order valence-corrected chi connectivity index (χ1v) is 27.6. The first-order chi connectivity index (χ1) is 35.7. The van der Waals surface area contributed by atoms with Crippen LogP contribution in [0.3, 0.4) is 0 Å². The zero-order chi connectivity index (χ0) is 54.5. The maximum Gasteiger partial charge on any atom is 0.514 e. The molecule has 3 saturated carbocycles. The van der Waals surface area contributed by atoms with Crippen molar-refractivity contribution in [3.63, 3.8) is 0 Å². The number of fused-ring (bicyclic) bond motifs is 5. The molecule has 412 valence electrons. The Morgan fingerprint density at radius 2 is 1.56 bits per heavy atom. The van der Waals surface area contributed by atoms with Gasteiger partial charge in [-0.15, -0.1) is 0 Å². The summed E-state index contributed by atoms with van der Waals surface area (Å²) in [6, 6.07) is 8.61. The third-order valence-electron chi connectivity index (χ3n) is 17.5. The molecular weight excluding hydrogens is 957 g/mol. The number of nitrogens with two attached hydrogens (primary N) is 1. The van der Waals surface area contributed by atoms with E-state index in [1.807, 2.05) is 6.92 Å². The van der Waals surface area contributed by atoms with E-state index in [1.165, 1.54) is 94.2 Å². The lowest BCUT2D eigenvalue weighted by Crippen LogP contribution is -2.55. The standard InChI is InChI=1S/C58H84N6O11/c1-8-37(4)53(55(69)62-49(34-50(59)65)54(68)61-41-16-13-39(14-17-41)35-74-56(70)75-43-20-18-42(19-21-43)64(71)72)63-52(67)26-25-51(66)60-31-10-32-73-44-27-29-57(6)40(33-44)15-22-45-47-24-23-46(38(5)12-9-11-36(2)3)58(47,7)30-28-48(45)57/h13-21,36-38,44-49,53H,8-12,22-35H2,1-7H3,(H2,59,65)(H,60,66)(H,61,68)(H,62,69)(H,63,67)/t37?,38-,44?,45+,46-,47+,48+,49+,53+,57+,58-/m1/s1. The molecule has 6 rings (SSSR count). The molecule has 2 aromatic rings. The maximum absolute atomic E-state index is 13.6. The van der Waals surface area contributed by atoms with Gasteiger partial charge in [0, 0.05) is 43.8 Å². The number of non-ortho nitro benzene ring substituents is 1. The summed E-state index contributed by atoms with van der Waals surface area (Å²) < 4.78 is 16.6. The Kier molecular flexibility index (Phi) is 20.9. The van der Waals surface area contributed by atoms with Gasteiger partial charge >= 0.3 is 6.16 Å². The number of carbonyl (C=O) groups excluding carboxylic acids is 6. The predicted molar refractivity (Wildman–Crippen MR) is 286 cm³/mol. The van der Waals surface area contributed by atoms with E-state index in [4.69, 9.17) is 19.9 Å². The fourth-order valence-electron chi connectivity index (χ4n) is 13.1. The lowest BCUT2D eigenvalue weighted by atomic mass is 9.47. The van der Waals surface area contributed by atoms with Crippen LogP contribution in [0.2, 0.25) is 0 Å². The molecule has 4 aliphatic carbocycles. The van der Waals surface area contributed by atoms with Gasteiger partial charge in [-0.2, -0.15) is 0 Å². The summed E-state index contributed by atoms with van der Waals surface area (Å²) >= 11 is 0. The lowest BCUT2D eigenvalue weighted by molar-refractivity contribution is -0.384. The van der Waals surface area contributed by atoms with Crippen molar-refractivity contribution in [3.05, 3.63) is 75.9 Å². The zero-order valence-corrected chi connectivity index (χ0v) is 45.4. The fraction of sp³-hybridized carbons (Fsp3) is 0.655. The molecule has 11 atom stereocenters. The summed E-state index contributed by atoms with van der Waals surface area (Å²) in [4.78, 5) is 87.4. The number of amides is 5. The number of benzene rings is 2. The summed E-state index contributed by atoms with van der Waals surface area (Å²) in [5.41, 5.74) is 8.46. The van der Waals surface area contributed by atoms with Crippen LogP contribution >= 0.6 is 0 Å².